The summed E-state index contributed by atoms with van der Waals surface area (Å²) in [6.45, 7) is 7.66. The van der Waals surface area contributed by atoms with Crippen molar-refractivity contribution in [3.8, 4) is 17.4 Å². The molecule has 5 aromatic rings. The van der Waals surface area contributed by atoms with Crippen molar-refractivity contribution in [2.24, 2.45) is 7.05 Å². The number of halogens is 3. The fourth-order valence-electron chi connectivity index (χ4n) is 6.08. The van der Waals surface area contributed by atoms with E-state index >= 15 is 0 Å². The maximum absolute atomic E-state index is 13.6. The van der Waals surface area contributed by atoms with E-state index in [1.54, 1.807) is 18.2 Å². The van der Waals surface area contributed by atoms with Gasteiger partial charge in [-0.3, -0.25) is 14.5 Å². The number of carbonyl (C=O) groups is 4. The summed E-state index contributed by atoms with van der Waals surface area (Å²) in [5, 5.41) is 16.5. The minimum atomic E-state index is -4.48. The number of pyridine rings is 1. The lowest BCUT2D eigenvalue weighted by Crippen LogP contribution is -2.48. The number of anilines is 1. The van der Waals surface area contributed by atoms with Crippen LogP contribution in [0.1, 0.15) is 45.8 Å². The van der Waals surface area contributed by atoms with E-state index in [2.05, 4.69) is 22.0 Å². The van der Waals surface area contributed by atoms with Crippen LogP contribution in [0.3, 0.4) is 0 Å². The SMILES string of the molecule is CC(C)Oc1ccc(CN2CCN(C(=O)c3cc4cc(Oc5ccc(N(C)C(=O)c6ccc(C(F)(F)F)cc6)cn5)ccc4n3C)CC2)cc1.O=C(O)/C=C\C(=O)O. The lowest BCUT2D eigenvalue weighted by atomic mass is 10.1. The molecule has 2 aromatic heterocycles. The number of aromatic nitrogens is 2. The van der Waals surface area contributed by atoms with E-state index in [9.17, 15) is 32.3 Å². The van der Waals surface area contributed by atoms with Crippen molar-refractivity contribution in [3.63, 3.8) is 0 Å². The number of ether oxygens (including phenoxy) is 2. The van der Waals surface area contributed by atoms with Gasteiger partial charge in [0.15, 0.2) is 0 Å². The number of hydrogen-bond donors (Lipinski definition) is 2. The highest BCUT2D eigenvalue weighted by Gasteiger charge is 2.30. The Labute approximate surface area is 332 Å². The molecular weight excluding hydrogens is 759 g/mol. The van der Waals surface area contributed by atoms with Crippen LogP contribution >= 0.6 is 0 Å². The van der Waals surface area contributed by atoms with Crippen molar-refractivity contribution in [2.75, 3.05) is 38.1 Å². The zero-order valence-corrected chi connectivity index (χ0v) is 32.1. The monoisotopic (exact) mass is 801 g/mol. The minimum absolute atomic E-state index is 0.0202. The average molecular weight is 802 g/mol. The number of carbonyl (C=O) groups excluding carboxylic acids is 2. The summed E-state index contributed by atoms with van der Waals surface area (Å²) in [6.07, 6.45) is -1.78. The van der Waals surface area contributed by atoms with Crippen LogP contribution in [-0.4, -0.2) is 92.6 Å². The first kappa shape index (κ1) is 42.5. The fourth-order valence-corrected chi connectivity index (χ4v) is 6.08. The molecule has 304 valence electrons. The van der Waals surface area contributed by atoms with E-state index in [4.69, 9.17) is 19.7 Å². The lowest BCUT2D eigenvalue weighted by Gasteiger charge is -2.34. The van der Waals surface area contributed by atoms with Crippen LogP contribution < -0.4 is 14.4 Å². The first-order valence-electron chi connectivity index (χ1n) is 18.1. The quantitative estimate of drug-likeness (QED) is 0.132. The highest BCUT2D eigenvalue weighted by molar-refractivity contribution is 6.05. The highest BCUT2D eigenvalue weighted by atomic mass is 19.4. The number of piperazine rings is 1. The number of hydrogen-bond acceptors (Lipinski definition) is 8. The standard InChI is InChI=1S/C38H38F3N5O4.C4H4O4/c1-25(2)49-31-12-5-26(6-13-31)24-45-17-19-46(20-18-45)37(48)34-22-28-21-32(14-15-33(28)44(34)4)50-35-16-11-30(23-42-35)43(3)36(47)27-7-9-29(10-8-27)38(39,40)41;5-3(6)1-2-4(7)8/h5-16,21-23,25H,17-20,24H2,1-4H3;1-2H,(H,5,6)(H,7,8)/b;2-1-. The molecule has 0 bridgehead atoms. The van der Waals surface area contributed by atoms with Gasteiger partial charge < -0.3 is 34.1 Å². The van der Waals surface area contributed by atoms with Gasteiger partial charge in [-0.25, -0.2) is 14.6 Å². The van der Waals surface area contributed by atoms with Crippen LogP contribution in [0.15, 0.2) is 103 Å². The number of carboxylic acid groups (broad SMARTS) is 2. The first-order chi connectivity index (χ1) is 27.5. The van der Waals surface area contributed by atoms with Gasteiger partial charge in [-0.1, -0.05) is 12.1 Å². The molecule has 13 nitrogen and oxygen atoms in total. The molecule has 1 saturated heterocycles. The molecule has 3 aromatic carbocycles. The molecule has 1 aliphatic heterocycles. The number of aryl methyl sites for hydroxylation is 1. The predicted molar refractivity (Wildman–Crippen MR) is 209 cm³/mol. The van der Waals surface area contributed by atoms with Crippen molar-refractivity contribution >= 4 is 40.3 Å². The lowest BCUT2D eigenvalue weighted by molar-refractivity contribution is -0.137. The zero-order valence-electron chi connectivity index (χ0n) is 32.1. The van der Waals surface area contributed by atoms with E-state index in [-0.39, 0.29) is 23.5 Å². The summed E-state index contributed by atoms with van der Waals surface area (Å²) in [7, 11) is 3.39. The van der Waals surface area contributed by atoms with E-state index in [0.717, 1.165) is 60.6 Å². The molecule has 2 N–H and O–H groups in total. The molecule has 3 heterocycles. The molecule has 16 heteroatoms. The number of alkyl halides is 3. The van der Waals surface area contributed by atoms with E-state index in [0.29, 0.717) is 42.4 Å². The van der Waals surface area contributed by atoms with Gasteiger partial charge in [0.25, 0.3) is 11.8 Å². The number of carboxylic acids is 2. The van der Waals surface area contributed by atoms with Gasteiger partial charge in [0.1, 0.15) is 17.2 Å². The van der Waals surface area contributed by atoms with Gasteiger partial charge in [-0.05, 0) is 86.1 Å². The summed E-state index contributed by atoms with van der Waals surface area (Å²) in [5.41, 5.74) is 2.42. The second-order valence-corrected chi connectivity index (χ2v) is 13.6. The molecule has 0 unspecified atom stereocenters. The van der Waals surface area contributed by atoms with Gasteiger partial charge >= 0.3 is 18.1 Å². The number of rotatable bonds is 11. The molecule has 2 amide bonds. The van der Waals surface area contributed by atoms with Crippen molar-refractivity contribution in [2.45, 2.75) is 32.7 Å². The Balaban J connectivity index is 0.000000725. The number of fused-ring (bicyclic) bond motifs is 1. The van der Waals surface area contributed by atoms with Crippen molar-refractivity contribution < 1.29 is 52.0 Å². The number of benzene rings is 3. The molecular formula is C42H42F3N5O8. The second kappa shape index (κ2) is 18.5. The number of aliphatic carboxylic acids is 2. The normalized spacial score (nSPS) is 13.3. The third kappa shape index (κ3) is 11.2. The van der Waals surface area contributed by atoms with Crippen molar-refractivity contribution in [1.29, 1.82) is 0 Å². The highest BCUT2D eigenvalue weighted by Crippen LogP contribution is 2.31. The predicted octanol–water partition coefficient (Wildman–Crippen LogP) is 7.12. The maximum Gasteiger partial charge on any atom is 0.416 e. The van der Waals surface area contributed by atoms with E-state index in [1.165, 1.54) is 23.7 Å². The molecule has 0 saturated carbocycles. The molecule has 6 rings (SSSR count). The van der Waals surface area contributed by atoms with Gasteiger partial charge in [-0.2, -0.15) is 13.2 Å². The molecule has 0 atom stereocenters. The molecule has 0 radical (unpaired) electrons. The largest absolute Gasteiger partial charge is 0.491 e. The second-order valence-electron chi connectivity index (χ2n) is 13.6. The van der Waals surface area contributed by atoms with Crippen LogP contribution in [-0.2, 0) is 29.4 Å². The third-order valence-corrected chi connectivity index (χ3v) is 9.06. The first-order valence-corrected chi connectivity index (χ1v) is 18.1. The summed E-state index contributed by atoms with van der Waals surface area (Å²) in [4.78, 5) is 55.4. The zero-order chi connectivity index (χ0) is 42.1. The Hall–Kier alpha value is -6.68. The summed E-state index contributed by atoms with van der Waals surface area (Å²) < 4.78 is 52.3. The van der Waals surface area contributed by atoms with Crippen LogP contribution in [0.4, 0.5) is 18.9 Å². The topological polar surface area (TPSA) is 155 Å². The Kier molecular flexibility index (Phi) is 13.6. The minimum Gasteiger partial charge on any atom is -0.491 e. The smallest absolute Gasteiger partial charge is 0.416 e. The van der Waals surface area contributed by atoms with Crippen LogP contribution in [0, 0.1) is 0 Å². The van der Waals surface area contributed by atoms with Crippen LogP contribution in [0.25, 0.3) is 10.9 Å². The summed E-state index contributed by atoms with van der Waals surface area (Å²) in [6, 6.07) is 22.9. The van der Waals surface area contributed by atoms with Gasteiger partial charge in [0.2, 0.25) is 5.88 Å². The molecule has 1 aliphatic rings. The Morgan fingerprint density at radius 2 is 1.47 bits per heavy atom. The van der Waals surface area contributed by atoms with Crippen molar-refractivity contribution in [3.05, 3.63) is 126 Å². The summed E-state index contributed by atoms with van der Waals surface area (Å²) in [5.74, 6) is -1.34. The van der Waals surface area contributed by atoms with Crippen LogP contribution in [0.5, 0.6) is 17.4 Å². The number of nitrogens with zero attached hydrogens (tertiary/aromatic N) is 5. The maximum atomic E-state index is 13.6. The van der Waals surface area contributed by atoms with Gasteiger partial charge in [0, 0.05) is 81.5 Å². The van der Waals surface area contributed by atoms with E-state index in [1.807, 2.05) is 60.7 Å². The van der Waals surface area contributed by atoms with E-state index < -0.39 is 29.6 Å². The Morgan fingerprint density at radius 3 is 2.02 bits per heavy atom. The third-order valence-electron chi connectivity index (χ3n) is 9.06. The van der Waals surface area contributed by atoms with Crippen molar-refractivity contribution in [1.82, 2.24) is 19.4 Å². The van der Waals surface area contributed by atoms with Gasteiger partial charge in [0.05, 0.1) is 23.6 Å². The Bertz CT molecular complexity index is 2250. The fraction of sp³-hybridized carbons (Fsp3) is 0.262. The molecule has 0 aliphatic carbocycles. The van der Waals surface area contributed by atoms with Crippen LogP contribution in [0.2, 0.25) is 0 Å². The molecule has 1 fully saturated rings. The van der Waals surface area contributed by atoms with Gasteiger partial charge in [-0.15, -0.1) is 0 Å². The molecule has 0 spiro atoms. The number of amides is 2. The molecule has 58 heavy (non-hydrogen) atoms. The summed E-state index contributed by atoms with van der Waals surface area (Å²) >= 11 is 0. The Morgan fingerprint density at radius 1 is 0.845 bits per heavy atom. The average Bonchev–Trinajstić information content (AvgIpc) is 3.52.